The zero-order chi connectivity index (χ0) is 20.6. The third-order valence-electron chi connectivity index (χ3n) is 5.54. The highest BCUT2D eigenvalue weighted by Gasteiger charge is 2.34. The second-order valence-electron chi connectivity index (χ2n) is 7.60. The Morgan fingerprint density at radius 3 is 2.72 bits per heavy atom. The topological polar surface area (TPSA) is 79.8 Å². The molecule has 1 atom stereocenters. The number of piperidine rings is 1. The Kier molecular flexibility index (Phi) is 5.87. The van der Waals surface area contributed by atoms with E-state index in [2.05, 4.69) is 4.98 Å². The molecule has 0 saturated carbocycles. The lowest BCUT2D eigenvalue weighted by Crippen LogP contribution is -2.46. The largest absolute Gasteiger partial charge is 0.376 e. The quantitative estimate of drug-likeness (QED) is 0.713. The van der Waals surface area contributed by atoms with Crippen molar-refractivity contribution in [1.29, 1.82) is 0 Å². The van der Waals surface area contributed by atoms with E-state index in [0.717, 1.165) is 12.8 Å². The van der Waals surface area contributed by atoms with Crippen LogP contribution in [0.5, 0.6) is 0 Å². The number of aromatic nitrogens is 1. The van der Waals surface area contributed by atoms with Gasteiger partial charge in [-0.05, 0) is 37.8 Å². The van der Waals surface area contributed by atoms with Gasteiger partial charge in [0.1, 0.15) is 11.3 Å². The predicted octanol–water partition coefficient (Wildman–Crippen LogP) is 2.62. The number of nitrogens with zero attached hydrogens (tertiary/aromatic N) is 3. The SMILES string of the molecule is CS(=O)(=O)N1CCC(C(=O)N(C[C@H]2CCCO2)c2nc3c(F)cccc3s2)CC1. The molecule has 1 amide bonds. The van der Waals surface area contributed by atoms with Crippen molar-refractivity contribution in [3.05, 3.63) is 24.0 Å². The third-order valence-corrected chi connectivity index (χ3v) is 7.88. The Morgan fingerprint density at radius 1 is 1.34 bits per heavy atom. The number of carbonyl (C=O) groups excluding carboxylic acids is 1. The Balaban J connectivity index is 1.58. The lowest BCUT2D eigenvalue weighted by atomic mass is 9.96. The smallest absolute Gasteiger partial charge is 0.232 e. The maximum atomic E-state index is 14.1. The number of thiazole rings is 1. The molecule has 10 heteroatoms. The van der Waals surface area contributed by atoms with Gasteiger partial charge in [0, 0.05) is 25.6 Å². The van der Waals surface area contributed by atoms with Crippen molar-refractivity contribution >= 4 is 42.6 Å². The van der Waals surface area contributed by atoms with Crippen LogP contribution in [0.3, 0.4) is 0 Å². The van der Waals surface area contributed by atoms with E-state index in [-0.39, 0.29) is 23.4 Å². The Labute approximate surface area is 173 Å². The first-order valence-electron chi connectivity index (χ1n) is 9.76. The van der Waals surface area contributed by atoms with Crippen molar-refractivity contribution in [1.82, 2.24) is 9.29 Å². The molecular weight excluding hydrogens is 417 g/mol. The fourth-order valence-corrected chi connectivity index (χ4v) is 5.80. The van der Waals surface area contributed by atoms with Gasteiger partial charge in [-0.3, -0.25) is 9.69 Å². The summed E-state index contributed by atoms with van der Waals surface area (Å²) < 4.78 is 45.5. The molecule has 0 aliphatic carbocycles. The second-order valence-corrected chi connectivity index (χ2v) is 10.6. The predicted molar refractivity (Wildman–Crippen MR) is 110 cm³/mol. The number of ether oxygens (including phenoxy) is 1. The first-order valence-corrected chi connectivity index (χ1v) is 12.4. The fourth-order valence-electron chi connectivity index (χ4n) is 3.93. The van der Waals surface area contributed by atoms with Gasteiger partial charge in [0.2, 0.25) is 15.9 Å². The van der Waals surface area contributed by atoms with Crippen LogP contribution in [0, 0.1) is 11.7 Å². The van der Waals surface area contributed by atoms with Crippen LogP contribution in [0.25, 0.3) is 10.2 Å². The summed E-state index contributed by atoms with van der Waals surface area (Å²) in [6, 6.07) is 4.78. The fraction of sp³-hybridized carbons (Fsp3) is 0.579. The zero-order valence-electron chi connectivity index (χ0n) is 16.2. The van der Waals surface area contributed by atoms with Crippen molar-refractivity contribution in [3.63, 3.8) is 0 Å². The highest BCUT2D eigenvalue weighted by atomic mass is 32.2. The first-order chi connectivity index (χ1) is 13.8. The summed E-state index contributed by atoms with van der Waals surface area (Å²) >= 11 is 1.29. The summed E-state index contributed by atoms with van der Waals surface area (Å²) in [5.41, 5.74) is 0.268. The van der Waals surface area contributed by atoms with E-state index in [1.54, 1.807) is 17.0 Å². The Morgan fingerprint density at radius 2 is 2.10 bits per heavy atom. The van der Waals surface area contributed by atoms with Gasteiger partial charge in [0.25, 0.3) is 0 Å². The number of rotatable bonds is 5. The molecule has 2 fully saturated rings. The number of hydrogen-bond donors (Lipinski definition) is 0. The summed E-state index contributed by atoms with van der Waals surface area (Å²) in [6.45, 7) is 1.72. The summed E-state index contributed by atoms with van der Waals surface area (Å²) in [6.07, 6.45) is 3.88. The average molecular weight is 442 g/mol. The molecule has 0 spiro atoms. The molecule has 1 aromatic heterocycles. The molecule has 7 nitrogen and oxygen atoms in total. The minimum Gasteiger partial charge on any atom is -0.376 e. The summed E-state index contributed by atoms with van der Waals surface area (Å²) in [4.78, 5) is 19.4. The number of carbonyl (C=O) groups is 1. The minimum absolute atomic E-state index is 0.0630. The van der Waals surface area contributed by atoms with Crippen molar-refractivity contribution in [2.24, 2.45) is 5.92 Å². The molecule has 3 heterocycles. The molecule has 0 bridgehead atoms. The first kappa shape index (κ1) is 20.6. The highest BCUT2D eigenvalue weighted by Crippen LogP contribution is 2.33. The van der Waals surface area contributed by atoms with Gasteiger partial charge in [-0.15, -0.1) is 0 Å². The van der Waals surface area contributed by atoms with Crippen LogP contribution in [0.4, 0.5) is 9.52 Å². The standard InChI is InChI=1S/C19H24FN3O4S2/c1-29(25,26)22-9-7-13(8-10-22)18(24)23(12-14-4-3-11-27-14)19-21-17-15(20)5-2-6-16(17)28-19/h2,5-6,13-14H,3-4,7-12H2,1H3/t14-/m1/s1. The van der Waals surface area contributed by atoms with Gasteiger partial charge in [-0.25, -0.2) is 22.1 Å². The molecule has 2 aromatic rings. The molecule has 0 radical (unpaired) electrons. The van der Waals surface area contributed by atoms with E-state index in [1.807, 2.05) is 0 Å². The normalized spacial score (nSPS) is 21.7. The molecule has 4 rings (SSSR count). The summed E-state index contributed by atoms with van der Waals surface area (Å²) in [5.74, 6) is -0.782. The lowest BCUT2D eigenvalue weighted by Gasteiger charge is -2.33. The number of amides is 1. The summed E-state index contributed by atoms with van der Waals surface area (Å²) in [7, 11) is -3.25. The number of para-hydroxylation sites is 1. The van der Waals surface area contributed by atoms with Crippen molar-refractivity contribution < 1.29 is 22.3 Å². The van der Waals surface area contributed by atoms with Crippen LogP contribution in [0.15, 0.2) is 18.2 Å². The molecule has 1 aromatic carbocycles. The number of fused-ring (bicyclic) bond motifs is 1. The molecule has 158 valence electrons. The second kappa shape index (κ2) is 8.25. The van der Waals surface area contributed by atoms with Crippen molar-refractivity contribution in [3.8, 4) is 0 Å². The minimum atomic E-state index is -3.25. The molecule has 29 heavy (non-hydrogen) atoms. The van der Waals surface area contributed by atoms with E-state index >= 15 is 0 Å². The highest BCUT2D eigenvalue weighted by molar-refractivity contribution is 7.88. The molecule has 2 aliphatic rings. The number of anilines is 1. The maximum Gasteiger partial charge on any atom is 0.232 e. The van der Waals surface area contributed by atoms with Crippen LogP contribution in [-0.2, 0) is 19.6 Å². The van der Waals surface area contributed by atoms with Crippen LogP contribution >= 0.6 is 11.3 Å². The van der Waals surface area contributed by atoms with E-state index in [9.17, 15) is 17.6 Å². The maximum absolute atomic E-state index is 14.1. The Bertz CT molecular complexity index is 996. The number of benzene rings is 1. The van der Waals surface area contributed by atoms with Crippen LogP contribution < -0.4 is 4.90 Å². The van der Waals surface area contributed by atoms with E-state index in [0.29, 0.717) is 48.9 Å². The lowest BCUT2D eigenvalue weighted by molar-refractivity contribution is -0.123. The summed E-state index contributed by atoms with van der Waals surface area (Å²) in [5, 5.41) is 0.469. The van der Waals surface area contributed by atoms with E-state index in [1.165, 1.54) is 28.0 Å². The number of halogens is 1. The van der Waals surface area contributed by atoms with Crippen molar-refractivity contribution in [2.45, 2.75) is 31.8 Å². The van der Waals surface area contributed by atoms with Gasteiger partial charge in [0.05, 0.1) is 23.6 Å². The van der Waals surface area contributed by atoms with Crippen molar-refractivity contribution in [2.75, 3.05) is 37.4 Å². The van der Waals surface area contributed by atoms with Crippen LogP contribution in [-0.4, -0.2) is 62.2 Å². The van der Waals surface area contributed by atoms with E-state index in [4.69, 9.17) is 4.74 Å². The number of sulfonamides is 1. The molecule has 0 N–H and O–H groups in total. The van der Waals surface area contributed by atoms with Gasteiger partial charge < -0.3 is 4.74 Å². The number of hydrogen-bond acceptors (Lipinski definition) is 6. The Hall–Kier alpha value is -1.62. The van der Waals surface area contributed by atoms with Crippen LogP contribution in [0.2, 0.25) is 0 Å². The van der Waals surface area contributed by atoms with Gasteiger partial charge in [0.15, 0.2) is 5.13 Å². The molecular formula is C19H24FN3O4S2. The third kappa shape index (κ3) is 4.45. The average Bonchev–Trinajstić information content (AvgIpc) is 3.35. The molecule has 2 aliphatic heterocycles. The molecule has 0 unspecified atom stereocenters. The van der Waals surface area contributed by atoms with Gasteiger partial charge in [-0.2, -0.15) is 0 Å². The van der Waals surface area contributed by atoms with Gasteiger partial charge in [-0.1, -0.05) is 17.4 Å². The van der Waals surface area contributed by atoms with Crippen LogP contribution in [0.1, 0.15) is 25.7 Å². The van der Waals surface area contributed by atoms with Gasteiger partial charge >= 0.3 is 0 Å². The monoisotopic (exact) mass is 441 g/mol. The molecule has 2 saturated heterocycles. The zero-order valence-corrected chi connectivity index (χ0v) is 17.8. The van der Waals surface area contributed by atoms with E-state index < -0.39 is 15.8 Å².